The van der Waals surface area contributed by atoms with Crippen molar-refractivity contribution in [1.29, 1.82) is 0 Å². The van der Waals surface area contributed by atoms with Gasteiger partial charge in [-0.3, -0.25) is 4.79 Å². The maximum Gasteiger partial charge on any atom is 0.341 e. The number of hydrogen-bond donors (Lipinski definition) is 1. The van der Waals surface area contributed by atoms with Gasteiger partial charge in [0.25, 0.3) is 5.89 Å². The summed E-state index contributed by atoms with van der Waals surface area (Å²) in [4.78, 5) is 24.3. The number of carboxylic acids is 1. The van der Waals surface area contributed by atoms with E-state index in [1.807, 2.05) is 16.7 Å². The minimum Gasteiger partial charge on any atom is -0.493 e. The summed E-state index contributed by atoms with van der Waals surface area (Å²) in [5.74, 6) is 0.120. The molecule has 3 heterocycles. The van der Waals surface area contributed by atoms with Crippen LogP contribution in [0.5, 0.6) is 5.75 Å². The molecule has 9 heteroatoms. The Morgan fingerprint density at radius 2 is 1.97 bits per heavy atom. The molecular weight excluding hydrogens is 438 g/mol. The second-order valence-corrected chi connectivity index (χ2v) is 9.56. The van der Waals surface area contributed by atoms with Gasteiger partial charge < -0.3 is 23.6 Å². The van der Waals surface area contributed by atoms with Crippen LogP contribution in [-0.4, -0.2) is 46.2 Å². The Morgan fingerprint density at radius 3 is 2.59 bits per heavy atom. The third-order valence-corrected chi connectivity index (χ3v) is 6.05. The molecule has 180 valence electrons. The van der Waals surface area contributed by atoms with Crippen LogP contribution in [0.4, 0.5) is 0 Å². The SMILES string of the molecule is COCCCOc1cc2c(cc1-c1nnc(C)o1)-c1cc(=O)c(C(=O)O)cn1[C@H](C(C)(C)C)C2. The lowest BCUT2D eigenvalue weighted by Gasteiger charge is -2.39. The molecule has 0 saturated carbocycles. The van der Waals surface area contributed by atoms with Crippen molar-refractivity contribution >= 4 is 5.97 Å². The summed E-state index contributed by atoms with van der Waals surface area (Å²) in [7, 11) is 1.65. The van der Waals surface area contributed by atoms with Gasteiger partial charge in [0.2, 0.25) is 5.89 Å². The molecule has 34 heavy (non-hydrogen) atoms. The van der Waals surface area contributed by atoms with Gasteiger partial charge in [-0.25, -0.2) is 4.79 Å². The first-order valence-corrected chi connectivity index (χ1v) is 11.2. The number of benzene rings is 1. The highest BCUT2D eigenvalue weighted by Gasteiger charge is 2.34. The molecule has 9 nitrogen and oxygen atoms in total. The van der Waals surface area contributed by atoms with Crippen LogP contribution in [0, 0.1) is 12.3 Å². The number of pyridine rings is 1. The molecule has 0 unspecified atom stereocenters. The monoisotopic (exact) mass is 467 g/mol. The Balaban J connectivity index is 1.91. The van der Waals surface area contributed by atoms with Gasteiger partial charge in [0.15, 0.2) is 5.43 Å². The Hall–Kier alpha value is -3.46. The third kappa shape index (κ3) is 4.48. The fourth-order valence-corrected chi connectivity index (χ4v) is 4.32. The molecule has 1 aliphatic rings. The number of aromatic carboxylic acids is 1. The molecule has 1 atom stereocenters. The van der Waals surface area contributed by atoms with Crippen LogP contribution in [0.15, 0.2) is 33.6 Å². The summed E-state index contributed by atoms with van der Waals surface area (Å²) in [5, 5.41) is 17.7. The predicted octanol–water partition coefficient (Wildman–Crippen LogP) is 4.13. The average molecular weight is 468 g/mol. The lowest BCUT2D eigenvalue weighted by molar-refractivity contribution is 0.0693. The Kier molecular flexibility index (Phi) is 6.31. The van der Waals surface area contributed by atoms with Gasteiger partial charge in [0.05, 0.1) is 17.9 Å². The van der Waals surface area contributed by atoms with Gasteiger partial charge in [-0.1, -0.05) is 20.8 Å². The predicted molar refractivity (Wildman–Crippen MR) is 125 cm³/mol. The quantitative estimate of drug-likeness (QED) is 0.516. The summed E-state index contributed by atoms with van der Waals surface area (Å²) in [6.45, 7) is 9.04. The number of aromatic nitrogens is 3. The third-order valence-electron chi connectivity index (χ3n) is 6.05. The molecular formula is C25H29N3O6. The van der Waals surface area contributed by atoms with Crippen LogP contribution in [-0.2, 0) is 11.2 Å². The maximum atomic E-state index is 12.7. The van der Waals surface area contributed by atoms with Crippen LogP contribution >= 0.6 is 0 Å². The van der Waals surface area contributed by atoms with Crippen molar-refractivity contribution in [3.8, 4) is 28.5 Å². The molecule has 0 spiro atoms. The fourth-order valence-electron chi connectivity index (χ4n) is 4.32. The fraction of sp³-hybridized carbons (Fsp3) is 0.440. The van der Waals surface area contributed by atoms with E-state index in [0.717, 1.165) is 17.5 Å². The second kappa shape index (κ2) is 9.06. The van der Waals surface area contributed by atoms with E-state index < -0.39 is 11.4 Å². The number of methoxy groups -OCH3 is 1. The van der Waals surface area contributed by atoms with E-state index in [1.54, 1.807) is 14.0 Å². The number of nitrogens with zero attached hydrogens (tertiary/aromatic N) is 3. The van der Waals surface area contributed by atoms with E-state index in [4.69, 9.17) is 13.9 Å². The molecule has 0 amide bonds. The van der Waals surface area contributed by atoms with E-state index in [2.05, 4.69) is 31.0 Å². The molecule has 0 bridgehead atoms. The van der Waals surface area contributed by atoms with Gasteiger partial charge in [-0.2, -0.15) is 0 Å². The molecule has 0 radical (unpaired) electrons. The molecule has 1 N–H and O–H groups in total. The summed E-state index contributed by atoms with van der Waals surface area (Å²) in [5.41, 5.74) is 2.11. The first-order valence-electron chi connectivity index (χ1n) is 11.2. The molecule has 1 aliphatic heterocycles. The summed E-state index contributed by atoms with van der Waals surface area (Å²) in [6.07, 6.45) is 2.83. The number of aryl methyl sites for hydroxylation is 1. The van der Waals surface area contributed by atoms with Gasteiger partial charge >= 0.3 is 5.97 Å². The van der Waals surface area contributed by atoms with Gasteiger partial charge in [0.1, 0.15) is 11.3 Å². The standard InChI is InChI=1S/C25H29N3O6/c1-14-26-27-23(34-14)17-11-16-15(9-21(17)33-8-6-7-32-5)10-22(25(2,3)4)28-13-18(24(30)31)20(29)12-19(16)28/h9,11-13,22H,6-8,10H2,1-5H3,(H,30,31)/t22-/m0/s1. The molecule has 3 aromatic rings. The Morgan fingerprint density at radius 1 is 1.21 bits per heavy atom. The molecule has 4 rings (SSSR count). The average Bonchev–Trinajstić information content (AvgIpc) is 3.20. The summed E-state index contributed by atoms with van der Waals surface area (Å²) < 4.78 is 18.8. The zero-order valence-electron chi connectivity index (χ0n) is 20.0. The smallest absolute Gasteiger partial charge is 0.341 e. The van der Waals surface area contributed by atoms with E-state index in [0.29, 0.717) is 48.4 Å². The van der Waals surface area contributed by atoms with Crippen molar-refractivity contribution in [2.24, 2.45) is 5.41 Å². The highest BCUT2D eigenvalue weighted by Crippen LogP contribution is 2.45. The van der Waals surface area contributed by atoms with Crippen molar-refractivity contribution in [1.82, 2.24) is 14.8 Å². The lowest BCUT2D eigenvalue weighted by Crippen LogP contribution is -2.32. The second-order valence-electron chi connectivity index (χ2n) is 9.56. The van der Waals surface area contributed by atoms with Gasteiger partial charge in [-0.15, -0.1) is 10.2 Å². The molecule has 2 aromatic heterocycles. The zero-order chi connectivity index (χ0) is 24.6. The number of fused-ring (bicyclic) bond motifs is 3. The van der Waals surface area contributed by atoms with Crippen molar-refractivity contribution < 1.29 is 23.8 Å². The van der Waals surface area contributed by atoms with Crippen molar-refractivity contribution in [3.05, 3.63) is 51.6 Å². The normalized spacial score (nSPS) is 15.0. The van der Waals surface area contributed by atoms with E-state index >= 15 is 0 Å². The first-order chi connectivity index (χ1) is 16.1. The molecule has 0 saturated heterocycles. The largest absolute Gasteiger partial charge is 0.493 e. The molecule has 0 fully saturated rings. The summed E-state index contributed by atoms with van der Waals surface area (Å²) >= 11 is 0. The van der Waals surface area contributed by atoms with E-state index in [-0.39, 0.29) is 17.0 Å². The zero-order valence-corrected chi connectivity index (χ0v) is 20.0. The summed E-state index contributed by atoms with van der Waals surface area (Å²) in [6, 6.07) is 5.20. The topological polar surface area (TPSA) is 117 Å². The van der Waals surface area contributed by atoms with Crippen LogP contribution in [0.1, 0.15) is 55.0 Å². The van der Waals surface area contributed by atoms with Gasteiger partial charge in [-0.05, 0) is 29.5 Å². The molecule has 1 aromatic carbocycles. The number of carbonyl (C=O) groups is 1. The highest BCUT2D eigenvalue weighted by molar-refractivity contribution is 5.88. The van der Waals surface area contributed by atoms with Crippen LogP contribution in [0.25, 0.3) is 22.7 Å². The van der Waals surface area contributed by atoms with E-state index in [1.165, 1.54) is 12.3 Å². The first kappa shape index (κ1) is 23.7. The van der Waals surface area contributed by atoms with Crippen molar-refractivity contribution in [2.75, 3.05) is 20.3 Å². The van der Waals surface area contributed by atoms with Crippen LogP contribution < -0.4 is 10.2 Å². The number of ether oxygens (including phenoxy) is 2. The van der Waals surface area contributed by atoms with Crippen LogP contribution in [0.2, 0.25) is 0 Å². The number of carboxylic acid groups (broad SMARTS) is 1. The molecule has 0 aliphatic carbocycles. The Bertz CT molecular complexity index is 1280. The number of hydrogen-bond acceptors (Lipinski definition) is 7. The van der Waals surface area contributed by atoms with Crippen molar-refractivity contribution in [2.45, 2.75) is 46.6 Å². The minimum absolute atomic E-state index is 0.0634. The lowest BCUT2D eigenvalue weighted by atomic mass is 9.78. The Labute approximate surface area is 197 Å². The maximum absolute atomic E-state index is 12.7. The van der Waals surface area contributed by atoms with Crippen molar-refractivity contribution in [3.63, 3.8) is 0 Å². The number of rotatable bonds is 7. The van der Waals surface area contributed by atoms with E-state index in [9.17, 15) is 14.7 Å². The van der Waals surface area contributed by atoms with Gasteiger partial charge in [0, 0.05) is 50.9 Å². The highest BCUT2D eigenvalue weighted by atomic mass is 16.5. The van der Waals surface area contributed by atoms with Crippen LogP contribution in [0.3, 0.4) is 0 Å². The minimum atomic E-state index is -1.24.